The molecule has 0 radical (unpaired) electrons. The number of benzene rings is 1. The van der Waals surface area contributed by atoms with Crippen LogP contribution in [-0.4, -0.2) is 44.6 Å². The van der Waals surface area contributed by atoms with E-state index >= 15 is 0 Å². The molecule has 1 unspecified atom stereocenters. The predicted molar refractivity (Wildman–Crippen MR) is 75.5 cm³/mol. The highest BCUT2D eigenvalue weighted by molar-refractivity contribution is 9.10. The lowest BCUT2D eigenvalue weighted by molar-refractivity contribution is 0.0288. The van der Waals surface area contributed by atoms with Gasteiger partial charge in [-0.15, -0.1) is 0 Å². The predicted octanol–water partition coefficient (Wildman–Crippen LogP) is 1.90. The molecule has 0 aromatic heterocycles. The third kappa shape index (κ3) is 5.28. The van der Waals surface area contributed by atoms with Gasteiger partial charge in [0.25, 0.3) is 0 Å². The third-order valence-corrected chi connectivity index (χ3v) is 3.41. The summed E-state index contributed by atoms with van der Waals surface area (Å²) in [4.78, 5) is 10.8. The second kappa shape index (κ2) is 8.27. The lowest BCUT2D eigenvalue weighted by Gasteiger charge is -2.15. The van der Waals surface area contributed by atoms with Crippen LogP contribution in [0.1, 0.15) is 15.9 Å². The first kappa shape index (κ1) is 16.1. The second-order valence-corrected chi connectivity index (χ2v) is 4.91. The molecule has 19 heavy (non-hydrogen) atoms. The summed E-state index contributed by atoms with van der Waals surface area (Å²) in [5.41, 5.74) is 1.27. The molecule has 0 saturated heterocycles. The first-order valence-corrected chi connectivity index (χ1v) is 6.62. The van der Waals surface area contributed by atoms with E-state index in [2.05, 4.69) is 21.2 Å². The van der Waals surface area contributed by atoms with Gasteiger partial charge in [-0.05, 0) is 17.7 Å². The second-order valence-electron chi connectivity index (χ2n) is 4.06. The Labute approximate surface area is 121 Å². The van der Waals surface area contributed by atoms with Crippen molar-refractivity contribution in [3.8, 4) is 0 Å². The number of rotatable bonds is 8. The van der Waals surface area contributed by atoms with Crippen LogP contribution in [-0.2, 0) is 16.0 Å². The Morgan fingerprint density at radius 1 is 1.47 bits per heavy atom. The maximum atomic E-state index is 10.8. The Balaban J connectivity index is 2.51. The summed E-state index contributed by atoms with van der Waals surface area (Å²) in [6.07, 6.45) is 0.00192. The highest BCUT2D eigenvalue weighted by Gasteiger charge is 2.09. The fraction of sp³-hybridized carbons (Fsp3) is 0.462. The molecule has 2 N–H and O–H groups in total. The number of carbonyl (C=O) groups is 1. The zero-order valence-electron chi connectivity index (χ0n) is 11.0. The van der Waals surface area contributed by atoms with Crippen molar-refractivity contribution < 1.29 is 19.4 Å². The van der Waals surface area contributed by atoms with E-state index in [-0.39, 0.29) is 11.7 Å². The van der Waals surface area contributed by atoms with Crippen molar-refractivity contribution in [3.63, 3.8) is 0 Å². The largest absolute Gasteiger partial charge is 0.478 e. The zero-order valence-corrected chi connectivity index (χ0v) is 12.6. The molecule has 0 amide bonds. The number of aromatic carboxylic acids is 1. The van der Waals surface area contributed by atoms with Crippen LogP contribution in [0.4, 0.5) is 0 Å². The standard InChI is InChI=1S/C13H18BrNO4/c1-18-8-11(19-2)7-15-6-10-4-3-9(13(16)17)5-12(10)14/h3-5,11,15H,6-8H2,1-2H3,(H,16,17). The van der Waals surface area contributed by atoms with Crippen molar-refractivity contribution in [2.24, 2.45) is 0 Å². The van der Waals surface area contributed by atoms with Crippen LogP contribution in [0.2, 0.25) is 0 Å². The Kier molecular flexibility index (Phi) is 7.01. The van der Waals surface area contributed by atoms with Crippen molar-refractivity contribution in [1.29, 1.82) is 0 Å². The quantitative estimate of drug-likeness (QED) is 0.761. The molecule has 0 aliphatic rings. The lowest BCUT2D eigenvalue weighted by atomic mass is 10.1. The minimum atomic E-state index is -0.931. The molecule has 0 fully saturated rings. The van der Waals surface area contributed by atoms with Crippen molar-refractivity contribution >= 4 is 21.9 Å². The number of hydrogen-bond donors (Lipinski definition) is 2. The van der Waals surface area contributed by atoms with E-state index in [9.17, 15) is 4.79 Å². The van der Waals surface area contributed by atoms with Gasteiger partial charge in [-0.3, -0.25) is 0 Å². The minimum Gasteiger partial charge on any atom is -0.478 e. The first-order valence-electron chi connectivity index (χ1n) is 5.82. The maximum Gasteiger partial charge on any atom is 0.335 e. The van der Waals surface area contributed by atoms with Gasteiger partial charge in [-0.2, -0.15) is 0 Å². The average molecular weight is 332 g/mol. The van der Waals surface area contributed by atoms with Gasteiger partial charge in [-0.1, -0.05) is 22.0 Å². The van der Waals surface area contributed by atoms with Crippen LogP contribution < -0.4 is 5.32 Å². The van der Waals surface area contributed by atoms with Crippen LogP contribution in [0.25, 0.3) is 0 Å². The molecular formula is C13H18BrNO4. The van der Waals surface area contributed by atoms with Crippen molar-refractivity contribution in [2.45, 2.75) is 12.6 Å². The Morgan fingerprint density at radius 3 is 2.74 bits per heavy atom. The minimum absolute atomic E-state index is 0.00192. The molecule has 1 rings (SSSR count). The van der Waals surface area contributed by atoms with Gasteiger partial charge in [-0.25, -0.2) is 4.79 Å². The molecule has 0 aliphatic heterocycles. The van der Waals surface area contributed by atoms with Gasteiger partial charge in [0.1, 0.15) is 0 Å². The molecule has 0 heterocycles. The van der Waals surface area contributed by atoms with Crippen molar-refractivity contribution in [1.82, 2.24) is 5.32 Å². The molecule has 1 aromatic carbocycles. The van der Waals surface area contributed by atoms with Gasteiger partial charge in [0.15, 0.2) is 0 Å². The van der Waals surface area contributed by atoms with Crippen molar-refractivity contribution in [3.05, 3.63) is 33.8 Å². The number of halogens is 1. The highest BCUT2D eigenvalue weighted by atomic mass is 79.9. The lowest BCUT2D eigenvalue weighted by Crippen LogP contribution is -2.31. The van der Waals surface area contributed by atoms with E-state index in [1.54, 1.807) is 32.4 Å². The Bertz CT molecular complexity index is 425. The average Bonchev–Trinajstić information content (AvgIpc) is 2.39. The van der Waals surface area contributed by atoms with Gasteiger partial charge in [0.05, 0.1) is 18.3 Å². The molecule has 106 valence electrons. The molecule has 5 nitrogen and oxygen atoms in total. The maximum absolute atomic E-state index is 10.8. The van der Waals surface area contributed by atoms with Crippen molar-refractivity contribution in [2.75, 3.05) is 27.4 Å². The van der Waals surface area contributed by atoms with Crippen LogP contribution in [0.15, 0.2) is 22.7 Å². The highest BCUT2D eigenvalue weighted by Crippen LogP contribution is 2.18. The molecule has 1 atom stereocenters. The van der Waals surface area contributed by atoms with E-state index in [1.807, 2.05) is 0 Å². The smallest absolute Gasteiger partial charge is 0.335 e. The summed E-state index contributed by atoms with van der Waals surface area (Å²) in [5.74, 6) is -0.931. The monoisotopic (exact) mass is 331 g/mol. The summed E-state index contributed by atoms with van der Waals surface area (Å²) in [6, 6.07) is 4.98. The van der Waals surface area contributed by atoms with Gasteiger partial charge < -0.3 is 19.9 Å². The van der Waals surface area contributed by atoms with E-state index in [4.69, 9.17) is 14.6 Å². The van der Waals surface area contributed by atoms with Gasteiger partial charge in [0.2, 0.25) is 0 Å². The van der Waals surface area contributed by atoms with E-state index < -0.39 is 5.97 Å². The molecule has 0 spiro atoms. The fourth-order valence-electron chi connectivity index (χ4n) is 1.59. The number of carboxylic acid groups (broad SMARTS) is 1. The van der Waals surface area contributed by atoms with E-state index in [0.717, 1.165) is 10.0 Å². The molecule has 0 bridgehead atoms. The summed E-state index contributed by atoms with van der Waals surface area (Å²) >= 11 is 3.37. The number of ether oxygens (including phenoxy) is 2. The van der Waals surface area contributed by atoms with E-state index in [0.29, 0.717) is 19.7 Å². The summed E-state index contributed by atoms with van der Waals surface area (Å²) in [7, 11) is 3.27. The normalized spacial score (nSPS) is 12.4. The first-order chi connectivity index (χ1) is 9.08. The Morgan fingerprint density at radius 2 is 2.21 bits per heavy atom. The molecule has 6 heteroatoms. The van der Waals surface area contributed by atoms with Crippen LogP contribution >= 0.6 is 15.9 Å². The van der Waals surface area contributed by atoms with Gasteiger partial charge >= 0.3 is 5.97 Å². The molecule has 0 aliphatic carbocycles. The summed E-state index contributed by atoms with van der Waals surface area (Å²) in [6.45, 7) is 1.82. The molecule has 0 saturated carbocycles. The number of carboxylic acids is 1. The summed E-state index contributed by atoms with van der Waals surface area (Å²) < 4.78 is 11.0. The van der Waals surface area contributed by atoms with Crippen LogP contribution in [0.5, 0.6) is 0 Å². The number of hydrogen-bond acceptors (Lipinski definition) is 4. The van der Waals surface area contributed by atoms with Crippen LogP contribution in [0.3, 0.4) is 0 Å². The topological polar surface area (TPSA) is 67.8 Å². The van der Waals surface area contributed by atoms with Gasteiger partial charge in [0, 0.05) is 31.8 Å². The zero-order chi connectivity index (χ0) is 14.3. The fourth-order valence-corrected chi connectivity index (χ4v) is 2.11. The number of methoxy groups -OCH3 is 2. The van der Waals surface area contributed by atoms with E-state index in [1.165, 1.54) is 0 Å². The number of nitrogens with one attached hydrogen (secondary N) is 1. The molecular weight excluding hydrogens is 314 g/mol. The summed E-state index contributed by atoms with van der Waals surface area (Å²) in [5, 5.41) is 12.1. The SMILES string of the molecule is COCC(CNCc1ccc(C(=O)O)cc1Br)OC. The third-order valence-electron chi connectivity index (χ3n) is 2.67. The van der Waals surface area contributed by atoms with Crippen LogP contribution in [0, 0.1) is 0 Å². The molecule has 1 aromatic rings. The Hall–Kier alpha value is -0.950.